The van der Waals surface area contributed by atoms with Crippen molar-refractivity contribution < 1.29 is 14.3 Å². The summed E-state index contributed by atoms with van der Waals surface area (Å²) in [6, 6.07) is 1.88. The molecule has 0 saturated heterocycles. The van der Waals surface area contributed by atoms with Gasteiger partial charge < -0.3 is 19.4 Å². The monoisotopic (exact) mass is 430 g/mol. The summed E-state index contributed by atoms with van der Waals surface area (Å²) in [4.78, 5) is 43.3. The van der Waals surface area contributed by atoms with Crippen LogP contribution >= 0.6 is 11.3 Å². The predicted molar refractivity (Wildman–Crippen MR) is 117 cm³/mol. The van der Waals surface area contributed by atoms with Gasteiger partial charge in [0.05, 0.1) is 25.3 Å². The zero-order valence-electron chi connectivity index (χ0n) is 17.7. The second-order valence-corrected chi connectivity index (χ2v) is 8.75. The SMILES string of the molecule is COCCN1C(=O)CN(C)C(=O)c2c1sc1c2CCN(c2nccc(N(C)C)n2)C1. The summed E-state index contributed by atoms with van der Waals surface area (Å²) in [5, 5.41) is 0.737. The molecule has 0 aliphatic carbocycles. The van der Waals surface area contributed by atoms with Crippen LogP contribution in [0.2, 0.25) is 0 Å². The van der Waals surface area contributed by atoms with Crippen LogP contribution in [0.25, 0.3) is 0 Å². The van der Waals surface area contributed by atoms with Gasteiger partial charge in [-0.25, -0.2) is 4.98 Å². The van der Waals surface area contributed by atoms with Crippen molar-refractivity contribution in [2.45, 2.75) is 13.0 Å². The molecule has 9 nitrogen and oxygen atoms in total. The van der Waals surface area contributed by atoms with Crippen LogP contribution in [0.4, 0.5) is 16.8 Å². The first-order valence-electron chi connectivity index (χ1n) is 9.85. The summed E-state index contributed by atoms with van der Waals surface area (Å²) in [6.45, 7) is 2.27. The summed E-state index contributed by atoms with van der Waals surface area (Å²) < 4.78 is 5.19. The van der Waals surface area contributed by atoms with E-state index in [0.717, 1.165) is 27.8 Å². The number of hydrogen-bond donors (Lipinski definition) is 0. The Kier molecular flexibility index (Phi) is 5.61. The number of carbonyl (C=O) groups is 2. The van der Waals surface area contributed by atoms with Gasteiger partial charge in [0.25, 0.3) is 5.91 Å². The maximum Gasteiger partial charge on any atom is 0.257 e. The second-order valence-electron chi connectivity index (χ2n) is 7.66. The second kappa shape index (κ2) is 8.19. The lowest BCUT2D eigenvalue weighted by Crippen LogP contribution is -2.39. The Balaban J connectivity index is 1.70. The first-order valence-corrected chi connectivity index (χ1v) is 10.7. The van der Waals surface area contributed by atoms with Gasteiger partial charge in [-0.1, -0.05) is 0 Å². The number of carbonyl (C=O) groups excluding carboxylic acids is 2. The zero-order valence-corrected chi connectivity index (χ0v) is 18.5. The lowest BCUT2D eigenvalue weighted by molar-refractivity contribution is -0.119. The molecule has 2 aliphatic rings. The number of rotatable bonds is 5. The number of fused-ring (bicyclic) bond motifs is 3. The van der Waals surface area contributed by atoms with Crippen molar-refractivity contribution in [3.05, 3.63) is 28.3 Å². The molecule has 2 aromatic heterocycles. The number of aromatic nitrogens is 2. The van der Waals surface area contributed by atoms with E-state index in [9.17, 15) is 9.59 Å². The van der Waals surface area contributed by atoms with Gasteiger partial charge in [-0.2, -0.15) is 4.98 Å². The molecule has 30 heavy (non-hydrogen) atoms. The topological polar surface area (TPSA) is 82.1 Å². The maximum absolute atomic E-state index is 13.1. The van der Waals surface area contributed by atoms with E-state index in [-0.39, 0.29) is 18.4 Å². The Morgan fingerprint density at radius 3 is 2.80 bits per heavy atom. The average Bonchev–Trinajstić information content (AvgIpc) is 3.08. The molecule has 0 bridgehead atoms. The standard InChI is InChI=1S/C20H26N6O3S/c1-23(2)15-5-7-21-20(22-15)25-8-6-13-14(11-25)30-19-17(13)18(28)24(3)12-16(27)26(19)9-10-29-4/h5,7H,6,8-12H2,1-4H3. The van der Waals surface area contributed by atoms with Crippen LogP contribution in [0.1, 0.15) is 20.8 Å². The first kappa shape index (κ1) is 20.5. The Bertz CT molecular complexity index is 975. The molecule has 160 valence electrons. The molecular weight excluding hydrogens is 404 g/mol. The average molecular weight is 431 g/mol. The van der Waals surface area contributed by atoms with Gasteiger partial charge >= 0.3 is 0 Å². The van der Waals surface area contributed by atoms with E-state index in [0.29, 0.717) is 37.6 Å². The number of amides is 2. The van der Waals surface area contributed by atoms with Crippen molar-refractivity contribution >= 4 is 39.9 Å². The third-order valence-corrected chi connectivity index (χ3v) is 6.65. The fraction of sp³-hybridized carbons (Fsp3) is 0.500. The molecule has 0 saturated carbocycles. The van der Waals surface area contributed by atoms with Crippen molar-refractivity contribution in [2.24, 2.45) is 0 Å². The highest BCUT2D eigenvalue weighted by atomic mass is 32.1. The van der Waals surface area contributed by atoms with Crippen molar-refractivity contribution in [3.8, 4) is 0 Å². The van der Waals surface area contributed by atoms with Crippen LogP contribution in [0.5, 0.6) is 0 Å². The predicted octanol–water partition coefficient (Wildman–Crippen LogP) is 1.23. The fourth-order valence-electron chi connectivity index (χ4n) is 3.78. The Morgan fingerprint density at radius 2 is 2.07 bits per heavy atom. The summed E-state index contributed by atoms with van der Waals surface area (Å²) in [6.07, 6.45) is 2.48. The van der Waals surface area contributed by atoms with Gasteiger partial charge in [0.2, 0.25) is 11.9 Å². The molecule has 0 spiro atoms. The zero-order chi connectivity index (χ0) is 21.4. The molecule has 0 radical (unpaired) electrons. The lowest BCUT2D eigenvalue weighted by atomic mass is 10.0. The molecule has 0 unspecified atom stereocenters. The van der Waals surface area contributed by atoms with Crippen LogP contribution in [-0.4, -0.2) is 81.2 Å². The number of hydrogen-bond acceptors (Lipinski definition) is 8. The van der Waals surface area contributed by atoms with Crippen LogP contribution in [0, 0.1) is 0 Å². The smallest absolute Gasteiger partial charge is 0.257 e. The molecule has 4 heterocycles. The van der Waals surface area contributed by atoms with Gasteiger partial charge in [-0.05, 0) is 18.1 Å². The molecule has 2 aliphatic heterocycles. The molecule has 10 heteroatoms. The highest BCUT2D eigenvalue weighted by molar-refractivity contribution is 7.17. The van der Waals surface area contributed by atoms with E-state index in [1.54, 1.807) is 25.3 Å². The van der Waals surface area contributed by atoms with Crippen molar-refractivity contribution in [1.29, 1.82) is 0 Å². The van der Waals surface area contributed by atoms with Gasteiger partial charge in [-0.3, -0.25) is 14.5 Å². The number of thiophene rings is 1. The van der Waals surface area contributed by atoms with Crippen molar-refractivity contribution in [2.75, 3.05) is 69.2 Å². The number of nitrogens with zero attached hydrogens (tertiary/aromatic N) is 6. The molecule has 0 aromatic carbocycles. The third kappa shape index (κ3) is 3.61. The van der Waals surface area contributed by atoms with Crippen molar-refractivity contribution in [3.63, 3.8) is 0 Å². The number of methoxy groups -OCH3 is 1. The highest BCUT2D eigenvalue weighted by Gasteiger charge is 2.37. The molecule has 2 aromatic rings. The summed E-state index contributed by atoms with van der Waals surface area (Å²) in [5.74, 6) is 1.35. The van der Waals surface area contributed by atoms with Crippen LogP contribution in [-0.2, 0) is 22.5 Å². The van der Waals surface area contributed by atoms with E-state index >= 15 is 0 Å². The maximum atomic E-state index is 13.1. The summed E-state index contributed by atoms with van der Waals surface area (Å²) >= 11 is 1.52. The van der Waals surface area contributed by atoms with Gasteiger partial charge in [0.15, 0.2) is 0 Å². The fourth-order valence-corrected chi connectivity index (χ4v) is 5.18. The van der Waals surface area contributed by atoms with Gasteiger partial charge in [-0.15, -0.1) is 11.3 Å². The van der Waals surface area contributed by atoms with E-state index in [2.05, 4.69) is 14.9 Å². The molecule has 0 N–H and O–H groups in total. The largest absolute Gasteiger partial charge is 0.383 e. The lowest BCUT2D eigenvalue weighted by Gasteiger charge is -2.28. The minimum atomic E-state index is -0.0879. The number of ether oxygens (including phenoxy) is 1. The molecule has 4 rings (SSSR count). The molecule has 0 atom stereocenters. The summed E-state index contributed by atoms with van der Waals surface area (Å²) in [5.41, 5.74) is 1.71. The van der Waals surface area contributed by atoms with Crippen molar-refractivity contribution in [1.82, 2.24) is 14.9 Å². The van der Waals surface area contributed by atoms with Gasteiger partial charge in [0, 0.05) is 45.9 Å². The van der Waals surface area contributed by atoms with Crippen LogP contribution in [0.15, 0.2) is 12.3 Å². The van der Waals surface area contributed by atoms with E-state index in [4.69, 9.17) is 4.74 Å². The van der Waals surface area contributed by atoms with Crippen LogP contribution in [0.3, 0.4) is 0 Å². The van der Waals surface area contributed by atoms with Crippen LogP contribution < -0.4 is 14.7 Å². The Morgan fingerprint density at radius 1 is 1.27 bits per heavy atom. The quantitative estimate of drug-likeness (QED) is 0.706. The Hall–Kier alpha value is -2.72. The number of anilines is 3. The van der Waals surface area contributed by atoms with E-state index in [1.807, 2.05) is 25.1 Å². The molecule has 2 amide bonds. The first-order chi connectivity index (χ1) is 14.4. The summed E-state index contributed by atoms with van der Waals surface area (Å²) in [7, 11) is 7.19. The Labute approximate surface area is 179 Å². The molecule has 0 fully saturated rings. The highest BCUT2D eigenvalue weighted by Crippen LogP contribution is 2.41. The third-order valence-electron chi connectivity index (χ3n) is 5.41. The van der Waals surface area contributed by atoms with E-state index in [1.165, 1.54) is 16.2 Å². The normalized spacial score (nSPS) is 16.5. The van der Waals surface area contributed by atoms with E-state index < -0.39 is 0 Å². The minimum absolute atomic E-state index is 0.0794. The van der Waals surface area contributed by atoms with Gasteiger partial charge in [0.1, 0.15) is 17.4 Å². The molecular formula is C20H26N6O3S. The number of likely N-dealkylation sites (N-methyl/N-ethyl adjacent to an activating group) is 1. The minimum Gasteiger partial charge on any atom is -0.383 e.